The van der Waals surface area contributed by atoms with E-state index in [1.807, 2.05) is 30.5 Å². The van der Waals surface area contributed by atoms with Crippen LogP contribution in [0.15, 0.2) is 82.7 Å². The van der Waals surface area contributed by atoms with E-state index < -0.39 is 15.9 Å². The molecule has 0 bridgehead atoms. The largest absolute Gasteiger partial charge is 0.493 e. The lowest BCUT2D eigenvalue weighted by Crippen LogP contribution is -2.32. The number of hydrogen-bond acceptors (Lipinski definition) is 7. The molecule has 0 aliphatic rings. The minimum Gasteiger partial charge on any atom is -0.493 e. The van der Waals surface area contributed by atoms with Gasteiger partial charge in [-0.1, -0.05) is 18.2 Å². The Bertz CT molecular complexity index is 1400. The maximum atomic E-state index is 13.0. The van der Waals surface area contributed by atoms with Crippen LogP contribution in [0.3, 0.4) is 0 Å². The lowest BCUT2D eigenvalue weighted by Gasteiger charge is -2.14. The van der Waals surface area contributed by atoms with E-state index in [0.717, 1.165) is 22.2 Å². The summed E-state index contributed by atoms with van der Waals surface area (Å²) >= 11 is 0. The lowest BCUT2D eigenvalue weighted by atomic mass is 10.1. The number of rotatable bonds is 12. The lowest BCUT2D eigenvalue weighted by molar-refractivity contribution is 0.107. The summed E-state index contributed by atoms with van der Waals surface area (Å²) in [7, 11) is -0.724. The van der Waals surface area contributed by atoms with Gasteiger partial charge in [0.05, 0.1) is 24.0 Å². The molecule has 8 nitrogen and oxygen atoms in total. The number of aliphatic hydroxyl groups is 1. The van der Waals surface area contributed by atoms with E-state index in [-0.39, 0.29) is 16.4 Å². The number of fused-ring (bicyclic) bond motifs is 1. The summed E-state index contributed by atoms with van der Waals surface area (Å²) in [5, 5.41) is 14.5. The van der Waals surface area contributed by atoms with E-state index in [9.17, 15) is 13.5 Å². The van der Waals surface area contributed by atoms with Gasteiger partial charge in [0.25, 0.3) is 0 Å². The molecule has 9 heteroatoms. The smallest absolute Gasteiger partial charge is 0.206 e. The van der Waals surface area contributed by atoms with Gasteiger partial charge in [-0.25, -0.2) is 8.42 Å². The molecule has 36 heavy (non-hydrogen) atoms. The highest BCUT2D eigenvalue weighted by Crippen LogP contribution is 2.32. The van der Waals surface area contributed by atoms with E-state index in [1.54, 1.807) is 30.3 Å². The fourth-order valence-electron chi connectivity index (χ4n) is 3.88. The second-order valence-corrected chi connectivity index (χ2v) is 10.2. The van der Waals surface area contributed by atoms with Crippen molar-refractivity contribution < 1.29 is 27.7 Å². The first-order valence-electron chi connectivity index (χ1n) is 11.6. The van der Waals surface area contributed by atoms with Gasteiger partial charge in [0, 0.05) is 29.7 Å². The molecule has 1 unspecified atom stereocenters. The summed E-state index contributed by atoms with van der Waals surface area (Å²) in [4.78, 5) is 3.48. The molecule has 0 radical (unpaired) electrons. The first-order chi connectivity index (χ1) is 17.4. The molecule has 0 spiro atoms. The van der Waals surface area contributed by atoms with Gasteiger partial charge in [0.15, 0.2) is 11.5 Å². The van der Waals surface area contributed by atoms with Crippen molar-refractivity contribution >= 4 is 20.7 Å². The van der Waals surface area contributed by atoms with Crippen molar-refractivity contribution in [3.05, 3.63) is 78.5 Å². The van der Waals surface area contributed by atoms with Gasteiger partial charge in [0.2, 0.25) is 9.84 Å². The molecule has 1 heterocycles. The van der Waals surface area contributed by atoms with Crippen molar-refractivity contribution in [1.82, 2.24) is 10.3 Å². The van der Waals surface area contributed by atoms with Gasteiger partial charge in [0.1, 0.15) is 18.5 Å². The minimum atomic E-state index is -3.69. The van der Waals surface area contributed by atoms with Gasteiger partial charge >= 0.3 is 0 Å². The second-order valence-electron chi connectivity index (χ2n) is 8.28. The molecule has 1 aromatic heterocycles. The molecule has 4 aromatic rings. The molecule has 3 aromatic carbocycles. The van der Waals surface area contributed by atoms with Crippen LogP contribution >= 0.6 is 0 Å². The number of nitrogens with one attached hydrogen (secondary N) is 2. The fourth-order valence-corrected chi connectivity index (χ4v) is 5.16. The first-order valence-corrected chi connectivity index (χ1v) is 13.0. The zero-order valence-electron chi connectivity index (χ0n) is 20.2. The van der Waals surface area contributed by atoms with Crippen LogP contribution in [0.2, 0.25) is 0 Å². The first kappa shape index (κ1) is 25.6. The summed E-state index contributed by atoms with van der Waals surface area (Å²) in [6.07, 6.45) is 1.88. The van der Waals surface area contributed by atoms with Crippen LogP contribution in [0.5, 0.6) is 17.2 Å². The Labute approximate surface area is 210 Å². The Morgan fingerprint density at radius 3 is 2.42 bits per heavy atom. The van der Waals surface area contributed by atoms with Crippen molar-refractivity contribution in [3.8, 4) is 17.2 Å². The van der Waals surface area contributed by atoms with Gasteiger partial charge in [-0.3, -0.25) is 0 Å². The zero-order chi connectivity index (χ0) is 25.5. The number of sulfone groups is 1. The Kier molecular flexibility index (Phi) is 8.14. The monoisotopic (exact) mass is 510 g/mol. The Hall–Kier alpha value is -3.53. The molecular weight excluding hydrogens is 480 g/mol. The standard InChI is InChI=1S/C27H30N2O6S/c1-33-26-11-10-22(16-27(26)34-2)36(31,32)21-8-6-19(7-9-21)12-14-28-17-20(30)18-35-25-5-3-4-24-23(25)13-15-29-24/h3-11,13,15-16,20,28-30H,12,14,17-18H2,1-2H3. The second kappa shape index (κ2) is 11.5. The van der Waals surface area contributed by atoms with Crippen molar-refractivity contribution in [2.75, 3.05) is 33.9 Å². The van der Waals surface area contributed by atoms with Crippen LogP contribution < -0.4 is 19.5 Å². The highest BCUT2D eigenvalue weighted by atomic mass is 32.2. The highest BCUT2D eigenvalue weighted by molar-refractivity contribution is 7.91. The van der Waals surface area contributed by atoms with E-state index in [1.165, 1.54) is 26.4 Å². The van der Waals surface area contributed by atoms with Crippen LogP contribution in [0.1, 0.15) is 5.56 Å². The van der Waals surface area contributed by atoms with Gasteiger partial charge in [-0.05, 0) is 61.0 Å². The average molecular weight is 511 g/mol. The number of methoxy groups -OCH3 is 2. The van der Waals surface area contributed by atoms with Crippen molar-refractivity contribution in [2.24, 2.45) is 0 Å². The number of ether oxygens (including phenoxy) is 3. The van der Waals surface area contributed by atoms with Gasteiger partial charge in [-0.15, -0.1) is 0 Å². The van der Waals surface area contributed by atoms with Crippen LogP contribution in [-0.2, 0) is 16.3 Å². The Morgan fingerprint density at radius 1 is 0.917 bits per heavy atom. The Balaban J connectivity index is 1.26. The Morgan fingerprint density at radius 2 is 1.67 bits per heavy atom. The maximum Gasteiger partial charge on any atom is 0.206 e. The number of H-pyrrole nitrogens is 1. The van der Waals surface area contributed by atoms with E-state index in [4.69, 9.17) is 14.2 Å². The minimum absolute atomic E-state index is 0.138. The van der Waals surface area contributed by atoms with Crippen LogP contribution in [0.4, 0.5) is 0 Å². The number of hydrogen-bond donors (Lipinski definition) is 3. The SMILES string of the molecule is COc1ccc(S(=O)(=O)c2ccc(CCNCC(O)COc3cccc4[nH]ccc34)cc2)cc1OC. The number of aliphatic hydroxyl groups excluding tert-OH is 1. The molecule has 4 rings (SSSR count). The summed E-state index contributed by atoms with van der Waals surface area (Å²) in [5.41, 5.74) is 1.97. The summed E-state index contributed by atoms with van der Waals surface area (Å²) < 4.78 is 42.2. The third kappa shape index (κ3) is 5.81. The van der Waals surface area contributed by atoms with Crippen molar-refractivity contribution in [2.45, 2.75) is 22.3 Å². The molecule has 0 saturated heterocycles. The maximum absolute atomic E-state index is 13.0. The third-order valence-corrected chi connectivity index (χ3v) is 7.62. The molecule has 190 valence electrons. The van der Waals surface area contributed by atoms with Crippen LogP contribution in [0, 0.1) is 0 Å². The number of benzene rings is 3. The van der Waals surface area contributed by atoms with Crippen molar-refractivity contribution in [1.29, 1.82) is 0 Å². The van der Waals surface area contributed by atoms with Crippen LogP contribution in [0.25, 0.3) is 10.9 Å². The van der Waals surface area contributed by atoms with E-state index >= 15 is 0 Å². The summed E-state index contributed by atoms with van der Waals surface area (Å²) in [6.45, 7) is 1.20. The third-order valence-electron chi connectivity index (χ3n) is 5.86. The molecule has 3 N–H and O–H groups in total. The molecule has 0 fully saturated rings. The van der Waals surface area contributed by atoms with Crippen LogP contribution in [-0.4, -0.2) is 58.5 Å². The predicted octanol–water partition coefficient (Wildman–Crippen LogP) is 3.59. The summed E-state index contributed by atoms with van der Waals surface area (Å²) in [6, 6.07) is 19.0. The highest BCUT2D eigenvalue weighted by Gasteiger charge is 2.20. The zero-order valence-corrected chi connectivity index (χ0v) is 21.0. The van der Waals surface area contributed by atoms with E-state index in [0.29, 0.717) is 31.0 Å². The van der Waals surface area contributed by atoms with Crippen molar-refractivity contribution in [3.63, 3.8) is 0 Å². The quantitative estimate of drug-likeness (QED) is 0.250. The molecule has 0 amide bonds. The van der Waals surface area contributed by atoms with Gasteiger partial charge < -0.3 is 29.6 Å². The topological polar surface area (TPSA) is 110 Å². The number of aromatic amines is 1. The van der Waals surface area contributed by atoms with Gasteiger partial charge in [-0.2, -0.15) is 0 Å². The molecular formula is C27H30N2O6S. The predicted molar refractivity (Wildman–Crippen MR) is 138 cm³/mol. The molecule has 0 saturated carbocycles. The summed E-state index contributed by atoms with van der Waals surface area (Å²) in [5.74, 6) is 1.56. The molecule has 0 aliphatic carbocycles. The molecule has 1 atom stereocenters. The van der Waals surface area contributed by atoms with E-state index in [2.05, 4.69) is 10.3 Å². The fraction of sp³-hybridized carbons (Fsp3) is 0.259. The normalized spacial score (nSPS) is 12.4. The molecule has 0 aliphatic heterocycles. The average Bonchev–Trinajstić information content (AvgIpc) is 3.39. The number of aromatic nitrogens is 1.